The van der Waals surface area contributed by atoms with Gasteiger partial charge in [0.05, 0.1) is 5.60 Å². The fourth-order valence-electron chi connectivity index (χ4n) is 2.69. The molecule has 1 fully saturated rings. The van der Waals surface area contributed by atoms with Crippen molar-refractivity contribution in [2.45, 2.75) is 38.2 Å². The van der Waals surface area contributed by atoms with Crippen molar-refractivity contribution >= 4 is 17.4 Å². The van der Waals surface area contributed by atoms with Gasteiger partial charge in [0.2, 0.25) is 0 Å². The Morgan fingerprint density at radius 2 is 2.00 bits per heavy atom. The van der Waals surface area contributed by atoms with E-state index in [1.807, 2.05) is 44.1 Å². The molecule has 1 aromatic carbocycles. The van der Waals surface area contributed by atoms with E-state index in [9.17, 15) is 9.90 Å². The standard InChI is InChI=1S/C16H25N3O2/c1-12-10-13(19(2)3)6-7-14(12)18-15(20)17-11-16(21)8-4-5-9-16/h6-7,10,21H,4-5,8-9,11H2,1-3H3,(H2,17,18,20). The summed E-state index contributed by atoms with van der Waals surface area (Å²) < 4.78 is 0. The Morgan fingerprint density at radius 3 is 2.57 bits per heavy atom. The van der Waals surface area contributed by atoms with Crippen molar-refractivity contribution in [1.29, 1.82) is 0 Å². The van der Waals surface area contributed by atoms with Gasteiger partial charge in [-0.15, -0.1) is 0 Å². The molecule has 2 rings (SSSR count). The lowest BCUT2D eigenvalue weighted by molar-refractivity contribution is 0.0506. The maximum absolute atomic E-state index is 11.9. The van der Waals surface area contributed by atoms with Crippen LogP contribution in [0.4, 0.5) is 16.2 Å². The highest BCUT2D eigenvalue weighted by Gasteiger charge is 2.31. The first-order chi connectivity index (χ1) is 9.89. The van der Waals surface area contributed by atoms with E-state index in [0.29, 0.717) is 6.54 Å². The van der Waals surface area contributed by atoms with E-state index in [4.69, 9.17) is 0 Å². The summed E-state index contributed by atoms with van der Waals surface area (Å²) in [5, 5.41) is 15.8. The molecule has 5 nitrogen and oxygen atoms in total. The molecule has 0 atom stereocenters. The summed E-state index contributed by atoms with van der Waals surface area (Å²) in [6.07, 6.45) is 3.60. The quantitative estimate of drug-likeness (QED) is 0.798. The first-order valence-corrected chi connectivity index (χ1v) is 7.45. The minimum absolute atomic E-state index is 0.268. The highest BCUT2D eigenvalue weighted by molar-refractivity contribution is 5.90. The maximum Gasteiger partial charge on any atom is 0.319 e. The third kappa shape index (κ3) is 4.11. The lowest BCUT2D eigenvalue weighted by Gasteiger charge is -2.22. The van der Waals surface area contributed by atoms with Crippen molar-refractivity contribution in [3.8, 4) is 0 Å². The largest absolute Gasteiger partial charge is 0.388 e. The predicted octanol–water partition coefficient (Wildman–Crippen LogP) is 2.49. The Balaban J connectivity index is 1.90. The summed E-state index contributed by atoms with van der Waals surface area (Å²) in [6.45, 7) is 2.28. The van der Waals surface area contributed by atoms with Crippen LogP contribution in [0.3, 0.4) is 0 Å². The topological polar surface area (TPSA) is 64.6 Å². The van der Waals surface area contributed by atoms with Gasteiger partial charge in [-0.25, -0.2) is 4.79 Å². The summed E-state index contributed by atoms with van der Waals surface area (Å²) >= 11 is 0. The Kier molecular flexibility index (Phi) is 4.73. The molecule has 0 bridgehead atoms. The minimum atomic E-state index is -0.721. The van der Waals surface area contributed by atoms with Gasteiger partial charge in [0, 0.05) is 32.0 Å². The van der Waals surface area contributed by atoms with Crippen molar-refractivity contribution in [2.75, 3.05) is 30.9 Å². The molecule has 116 valence electrons. The molecule has 1 aliphatic rings. The average Bonchev–Trinajstić information content (AvgIpc) is 2.86. The number of rotatable bonds is 4. The van der Waals surface area contributed by atoms with Crippen LogP contribution < -0.4 is 15.5 Å². The van der Waals surface area contributed by atoms with Crippen LogP contribution in [0.2, 0.25) is 0 Å². The Morgan fingerprint density at radius 1 is 1.33 bits per heavy atom. The zero-order chi connectivity index (χ0) is 15.5. The second-order valence-electron chi connectivity index (χ2n) is 6.13. The third-order valence-electron chi connectivity index (χ3n) is 4.09. The van der Waals surface area contributed by atoms with Gasteiger partial charge in [-0.2, -0.15) is 0 Å². The number of carbonyl (C=O) groups excluding carboxylic acids is 1. The highest BCUT2D eigenvalue weighted by atomic mass is 16.3. The molecule has 1 aromatic rings. The van der Waals surface area contributed by atoms with Crippen molar-refractivity contribution in [1.82, 2.24) is 5.32 Å². The van der Waals surface area contributed by atoms with Gasteiger partial charge < -0.3 is 20.6 Å². The lowest BCUT2D eigenvalue weighted by Crippen LogP contribution is -2.42. The zero-order valence-corrected chi connectivity index (χ0v) is 13.1. The van der Waals surface area contributed by atoms with Gasteiger partial charge in [-0.3, -0.25) is 0 Å². The van der Waals surface area contributed by atoms with Gasteiger partial charge in [0.25, 0.3) is 0 Å². The molecule has 0 radical (unpaired) electrons. The average molecular weight is 291 g/mol. The molecule has 3 N–H and O–H groups in total. The number of hydrogen-bond acceptors (Lipinski definition) is 3. The third-order valence-corrected chi connectivity index (χ3v) is 4.09. The van der Waals surface area contributed by atoms with Crippen LogP contribution in [0.15, 0.2) is 18.2 Å². The molecule has 0 heterocycles. The number of nitrogens with zero attached hydrogens (tertiary/aromatic N) is 1. The first kappa shape index (κ1) is 15.6. The second kappa shape index (κ2) is 6.35. The van der Waals surface area contributed by atoms with Crippen molar-refractivity contribution in [3.63, 3.8) is 0 Å². The summed E-state index contributed by atoms with van der Waals surface area (Å²) in [7, 11) is 3.97. The number of amides is 2. The minimum Gasteiger partial charge on any atom is -0.388 e. The van der Waals surface area contributed by atoms with Gasteiger partial charge in [0.1, 0.15) is 0 Å². The highest BCUT2D eigenvalue weighted by Crippen LogP contribution is 2.28. The number of nitrogens with one attached hydrogen (secondary N) is 2. The van der Waals surface area contributed by atoms with E-state index < -0.39 is 5.60 Å². The normalized spacial score (nSPS) is 16.6. The van der Waals surface area contributed by atoms with Crippen LogP contribution in [-0.4, -0.2) is 37.4 Å². The smallest absolute Gasteiger partial charge is 0.319 e. The fraction of sp³-hybridized carbons (Fsp3) is 0.562. The number of aryl methyl sites for hydroxylation is 1. The summed E-state index contributed by atoms with van der Waals surface area (Å²) in [4.78, 5) is 14.0. The molecular formula is C16H25N3O2. The molecule has 0 saturated heterocycles. The van der Waals surface area contributed by atoms with Crippen LogP contribution in [0.1, 0.15) is 31.2 Å². The molecule has 0 unspecified atom stereocenters. The maximum atomic E-state index is 11.9. The molecule has 0 spiro atoms. The number of urea groups is 1. The number of hydrogen-bond donors (Lipinski definition) is 3. The molecule has 5 heteroatoms. The van der Waals surface area contributed by atoms with Crippen molar-refractivity contribution in [2.24, 2.45) is 0 Å². The van der Waals surface area contributed by atoms with Gasteiger partial charge in [-0.1, -0.05) is 12.8 Å². The molecule has 2 amide bonds. The molecular weight excluding hydrogens is 266 g/mol. The first-order valence-electron chi connectivity index (χ1n) is 7.45. The fourth-order valence-corrected chi connectivity index (χ4v) is 2.69. The SMILES string of the molecule is Cc1cc(N(C)C)ccc1NC(=O)NCC1(O)CCCC1. The summed E-state index contributed by atoms with van der Waals surface area (Å²) in [6, 6.07) is 5.62. The summed E-state index contributed by atoms with van der Waals surface area (Å²) in [5.74, 6) is 0. The zero-order valence-electron chi connectivity index (χ0n) is 13.1. The second-order valence-corrected chi connectivity index (χ2v) is 6.13. The van der Waals surface area contributed by atoms with E-state index in [0.717, 1.165) is 42.6 Å². The van der Waals surface area contributed by atoms with Crippen LogP contribution >= 0.6 is 0 Å². The molecule has 0 aliphatic heterocycles. The van der Waals surface area contributed by atoms with Gasteiger partial charge in [0.15, 0.2) is 0 Å². The predicted molar refractivity (Wildman–Crippen MR) is 85.9 cm³/mol. The van der Waals surface area contributed by atoms with Crippen LogP contribution in [0.5, 0.6) is 0 Å². The van der Waals surface area contributed by atoms with Crippen molar-refractivity contribution < 1.29 is 9.90 Å². The Labute approximate surface area is 126 Å². The molecule has 1 saturated carbocycles. The molecule has 21 heavy (non-hydrogen) atoms. The summed E-state index contributed by atoms with van der Waals surface area (Å²) in [5.41, 5.74) is 2.17. The van der Waals surface area contributed by atoms with Crippen LogP contribution in [-0.2, 0) is 0 Å². The van der Waals surface area contributed by atoms with E-state index >= 15 is 0 Å². The molecule has 1 aliphatic carbocycles. The van der Waals surface area contributed by atoms with Gasteiger partial charge >= 0.3 is 6.03 Å². The van der Waals surface area contributed by atoms with Crippen LogP contribution in [0.25, 0.3) is 0 Å². The Hall–Kier alpha value is -1.75. The van der Waals surface area contributed by atoms with E-state index in [2.05, 4.69) is 10.6 Å². The van der Waals surface area contributed by atoms with Crippen molar-refractivity contribution in [3.05, 3.63) is 23.8 Å². The van der Waals surface area contributed by atoms with Gasteiger partial charge in [-0.05, 0) is 43.5 Å². The van der Waals surface area contributed by atoms with E-state index in [1.54, 1.807) is 0 Å². The van der Waals surface area contributed by atoms with E-state index in [-0.39, 0.29) is 6.03 Å². The van der Waals surface area contributed by atoms with Crippen LogP contribution in [0, 0.1) is 6.92 Å². The van der Waals surface area contributed by atoms with E-state index in [1.165, 1.54) is 0 Å². The monoisotopic (exact) mass is 291 g/mol. The number of carbonyl (C=O) groups is 1. The number of anilines is 2. The lowest BCUT2D eigenvalue weighted by atomic mass is 10.0. The number of aliphatic hydroxyl groups is 1. The Bertz CT molecular complexity index is 508. The number of benzene rings is 1. The molecule has 0 aromatic heterocycles.